The Labute approximate surface area is 146 Å². The highest BCUT2D eigenvalue weighted by atomic mass is 16.5. The van der Waals surface area contributed by atoms with E-state index in [4.69, 9.17) is 4.74 Å². The highest BCUT2D eigenvalue weighted by Crippen LogP contribution is 2.15. The van der Waals surface area contributed by atoms with Crippen molar-refractivity contribution in [3.05, 3.63) is 66.0 Å². The predicted molar refractivity (Wildman–Crippen MR) is 92.6 cm³/mol. The van der Waals surface area contributed by atoms with Crippen LogP contribution in [0.3, 0.4) is 0 Å². The van der Waals surface area contributed by atoms with Crippen molar-refractivity contribution in [1.29, 1.82) is 0 Å². The van der Waals surface area contributed by atoms with E-state index in [1.807, 2.05) is 36.4 Å². The molecule has 1 aliphatic heterocycles. The fourth-order valence-electron chi connectivity index (χ4n) is 2.52. The van der Waals surface area contributed by atoms with Crippen LogP contribution < -0.4 is 0 Å². The van der Waals surface area contributed by atoms with Crippen molar-refractivity contribution in [2.75, 3.05) is 6.54 Å². The molecule has 0 saturated heterocycles. The topological polar surface area (TPSA) is 71.9 Å². The molecular formula is C19H19N3O3. The largest absolute Gasteiger partial charge is 0.459 e. The van der Waals surface area contributed by atoms with Crippen LogP contribution in [-0.2, 0) is 20.9 Å². The molecule has 128 valence electrons. The average molecular weight is 337 g/mol. The summed E-state index contributed by atoms with van der Waals surface area (Å²) in [6.07, 6.45) is 2.49. The van der Waals surface area contributed by atoms with Gasteiger partial charge in [0.15, 0.2) is 0 Å². The van der Waals surface area contributed by atoms with Crippen molar-refractivity contribution in [3.63, 3.8) is 0 Å². The van der Waals surface area contributed by atoms with E-state index in [9.17, 15) is 9.59 Å². The molecule has 3 rings (SSSR count). The SMILES string of the molecule is O=C(CCC(=O)N1CCC(c2ccccc2)=N1)OCc1ccccn1. The first kappa shape index (κ1) is 16.8. The third-order valence-electron chi connectivity index (χ3n) is 3.85. The Morgan fingerprint density at radius 1 is 1.04 bits per heavy atom. The van der Waals surface area contributed by atoms with E-state index in [1.54, 1.807) is 18.3 Å². The Kier molecular flexibility index (Phi) is 5.51. The normalized spacial score (nSPS) is 13.4. The van der Waals surface area contributed by atoms with Gasteiger partial charge < -0.3 is 4.74 Å². The Bertz CT molecular complexity index is 760. The molecule has 0 fully saturated rings. The number of rotatable bonds is 6. The zero-order valence-corrected chi connectivity index (χ0v) is 13.8. The van der Waals surface area contributed by atoms with Gasteiger partial charge in [0.05, 0.1) is 24.4 Å². The molecular weight excluding hydrogens is 318 g/mol. The molecule has 1 aliphatic rings. The van der Waals surface area contributed by atoms with Gasteiger partial charge in [0.2, 0.25) is 5.91 Å². The molecule has 0 aliphatic carbocycles. The monoisotopic (exact) mass is 337 g/mol. The van der Waals surface area contributed by atoms with Gasteiger partial charge in [-0.15, -0.1) is 0 Å². The molecule has 2 aromatic rings. The van der Waals surface area contributed by atoms with E-state index in [0.29, 0.717) is 12.2 Å². The first-order valence-corrected chi connectivity index (χ1v) is 8.21. The number of esters is 1. The Balaban J connectivity index is 1.45. The zero-order valence-electron chi connectivity index (χ0n) is 13.8. The summed E-state index contributed by atoms with van der Waals surface area (Å²) in [5, 5.41) is 5.81. The van der Waals surface area contributed by atoms with Gasteiger partial charge in [0.1, 0.15) is 6.61 Å². The summed E-state index contributed by atoms with van der Waals surface area (Å²) in [5.41, 5.74) is 2.60. The van der Waals surface area contributed by atoms with Gasteiger partial charge in [-0.05, 0) is 17.7 Å². The van der Waals surface area contributed by atoms with E-state index >= 15 is 0 Å². The van der Waals surface area contributed by atoms with Crippen LogP contribution in [0, 0.1) is 0 Å². The number of carbonyl (C=O) groups excluding carboxylic acids is 2. The van der Waals surface area contributed by atoms with Crippen molar-refractivity contribution in [1.82, 2.24) is 9.99 Å². The molecule has 6 heteroatoms. The third-order valence-corrected chi connectivity index (χ3v) is 3.85. The second kappa shape index (κ2) is 8.19. The van der Waals surface area contributed by atoms with Gasteiger partial charge in [0.25, 0.3) is 0 Å². The molecule has 0 saturated carbocycles. The van der Waals surface area contributed by atoms with Crippen LogP contribution in [0.5, 0.6) is 0 Å². The minimum Gasteiger partial charge on any atom is -0.459 e. The van der Waals surface area contributed by atoms with Crippen molar-refractivity contribution in [2.45, 2.75) is 25.9 Å². The van der Waals surface area contributed by atoms with Gasteiger partial charge >= 0.3 is 5.97 Å². The van der Waals surface area contributed by atoms with Gasteiger partial charge in [-0.3, -0.25) is 14.6 Å². The second-order valence-corrected chi connectivity index (χ2v) is 5.66. The molecule has 1 aromatic carbocycles. The molecule has 0 unspecified atom stereocenters. The molecule has 0 atom stereocenters. The first-order valence-electron chi connectivity index (χ1n) is 8.21. The number of hydrogen-bond donors (Lipinski definition) is 0. The van der Waals surface area contributed by atoms with E-state index in [-0.39, 0.29) is 25.4 Å². The van der Waals surface area contributed by atoms with Crippen LogP contribution in [-0.4, -0.2) is 34.1 Å². The van der Waals surface area contributed by atoms with Gasteiger partial charge in [-0.25, -0.2) is 5.01 Å². The maximum absolute atomic E-state index is 12.2. The number of hydrogen-bond acceptors (Lipinski definition) is 5. The molecule has 1 aromatic heterocycles. The summed E-state index contributed by atoms with van der Waals surface area (Å²) >= 11 is 0. The number of aromatic nitrogens is 1. The van der Waals surface area contributed by atoms with Gasteiger partial charge in [0, 0.05) is 19.0 Å². The smallest absolute Gasteiger partial charge is 0.306 e. The summed E-state index contributed by atoms with van der Waals surface area (Å²) in [4.78, 5) is 28.0. The fourth-order valence-corrected chi connectivity index (χ4v) is 2.52. The lowest BCUT2D eigenvalue weighted by Gasteiger charge is -2.11. The number of hydrazone groups is 1. The zero-order chi connectivity index (χ0) is 17.5. The van der Waals surface area contributed by atoms with E-state index < -0.39 is 5.97 Å². The third kappa shape index (κ3) is 4.73. The van der Waals surface area contributed by atoms with E-state index in [2.05, 4.69) is 10.1 Å². The minimum absolute atomic E-state index is 0.0400. The summed E-state index contributed by atoms with van der Waals surface area (Å²) in [7, 11) is 0. The highest BCUT2D eigenvalue weighted by Gasteiger charge is 2.22. The number of ether oxygens (including phenoxy) is 1. The number of carbonyl (C=O) groups is 2. The lowest BCUT2D eigenvalue weighted by molar-refractivity contribution is -0.147. The van der Waals surface area contributed by atoms with Crippen molar-refractivity contribution in [3.8, 4) is 0 Å². The van der Waals surface area contributed by atoms with Crippen molar-refractivity contribution >= 4 is 17.6 Å². The average Bonchev–Trinajstić information content (AvgIpc) is 3.16. The fraction of sp³-hybridized carbons (Fsp3) is 0.263. The Morgan fingerprint density at radius 2 is 1.84 bits per heavy atom. The van der Waals surface area contributed by atoms with Crippen molar-refractivity contribution in [2.24, 2.45) is 5.10 Å². The van der Waals surface area contributed by atoms with Crippen LogP contribution >= 0.6 is 0 Å². The summed E-state index contributed by atoms with van der Waals surface area (Å²) in [6, 6.07) is 15.2. The number of amides is 1. The van der Waals surface area contributed by atoms with Gasteiger partial charge in [-0.1, -0.05) is 36.4 Å². The van der Waals surface area contributed by atoms with Crippen molar-refractivity contribution < 1.29 is 14.3 Å². The van der Waals surface area contributed by atoms with Crippen LogP contribution in [0.25, 0.3) is 0 Å². The van der Waals surface area contributed by atoms with Gasteiger partial charge in [-0.2, -0.15) is 5.10 Å². The maximum atomic E-state index is 12.2. The maximum Gasteiger partial charge on any atom is 0.306 e. The van der Waals surface area contributed by atoms with Crippen LogP contribution in [0.1, 0.15) is 30.5 Å². The molecule has 0 N–H and O–H groups in total. The van der Waals surface area contributed by atoms with Crippen LogP contribution in [0.2, 0.25) is 0 Å². The summed E-state index contributed by atoms with van der Waals surface area (Å²) in [6.45, 7) is 0.667. The summed E-state index contributed by atoms with van der Waals surface area (Å²) in [5.74, 6) is -0.578. The first-order chi connectivity index (χ1) is 12.2. The van der Waals surface area contributed by atoms with Crippen LogP contribution in [0.15, 0.2) is 59.8 Å². The molecule has 1 amide bonds. The Morgan fingerprint density at radius 3 is 2.60 bits per heavy atom. The van der Waals surface area contributed by atoms with Crippen LogP contribution in [0.4, 0.5) is 0 Å². The Hall–Kier alpha value is -3.02. The number of benzene rings is 1. The minimum atomic E-state index is -0.412. The molecule has 0 radical (unpaired) electrons. The second-order valence-electron chi connectivity index (χ2n) is 5.66. The standard InChI is InChI=1S/C19H19N3O3/c23-18(9-10-19(24)25-14-16-8-4-5-12-20-16)22-13-11-17(21-22)15-6-2-1-3-7-15/h1-8,12H,9-11,13-14H2. The number of nitrogens with zero attached hydrogens (tertiary/aromatic N) is 3. The lowest BCUT2D eigenvalue weighted by atomic mass is 10.1. The summed E-state index contributed by atoms with van der Waals surface area (Å²) < 4.78 is 5.12. The van der Waals surface area contributed by atoms with E-state index in [0.717, 1.165) is 17.7 Å². The lowest BCUT2D eigenvalue weighted by Crippen LogP contribution is -2.24. The number of pyridine rings is 1. The van der Waals surface area contributed by atoms with E-state index in [1.165, 1.54) is 5.01 Å². The molecule has 25 heavy (non-hydrogen) atoms. The highest BCUT2D eigenvalue weighted by molar-refractivity contribution is 6.02. The predicted octanol–water partition coefficient (Wildman–Crippen LogP) is 2.54. The molecule has 0 spiro atoms. The molecule has 6 nitrogen and oxygen atoms in total. The molecule has 2 heterocycles. The molecule has 0 bridgehead atoms. The quantitative estimate of drug-likeness (QED) is 0.760.